The molecule has 0 aliphatic heterocycles. The highest BCUT2D eigenvalue weighted by molar-refractivity contribution is 5.89. The number of nitrogens with zero attached hydrogens (tertiary/aromatic N) is 1. The number of carboxylic acid groups (broad SMARTS) is 1. The summed E-state index contributed by atoms with van der Waals surface area (Å²) in [6.45, 7) is 0.235. The van der Waals surface area contributed by atoms with E-state index in [0.29, 0.717) is 6.42 Å². The number of hydrogen-bond donors (Lipinski definition) is 2. The van der Waals surface area contributed by atoms with E-state index in [-0.39, 0.29) is 18.7 Å². The fourth-order valence-electron chi connectivity index (χ4n) is 1.53. The Labute approximate surface area is 119 Å². The van der Waals surface area contributed by atoms with Crippen LogP contribution < -0.4 is 5.32 Å². The molecule has 0 saturated carbocycles. The van der Waals surface area contributed by atoms with Crippen LogP contribution in [0.3, 0.4) is 0 Å². The summed E-state index contributed by atoms with van der Waals surface area (Å²) < 4.78 is 37.1. The molecule has 0 heterocycles. The second-order valence-corrected chi connectivity index (χ2v) is 4.42. The van der Waals surface area contributed by atoms with Gasteiger partial charge in [0.2, 0.25) is 0 Å². The molecule has 2 amide bonds. The third kappa shape index (κ3) is 5.72. The number of urea groups is 1. The van der Waals surface area contributed by atoms with E-state index in [1.165, 1.54) is 11.9 Å². The van der Waals surface area contributed by atoms with E-state index in [2.05, 4.69) is 5.32 Å². The first kappa shape index (κ1) is 16.8. The number of carboxylic acids is 1. The average molecular weight is 304 g/mol. The normalized spacial score (nSPS) is 11.0. The van der Waals surface area contributed by atoms with Crippen LogP contribution in [-0.2, 0) is 11.0 Å². The minimum absolute atomic E-state index is 0.0576. The summed E-state index contributed by atoms with van der Waals surface area (Å²) in [5.74, 6) is -0.952. The summed E-state index contributed by atoms with van der Waals surface area (Å²) in [5.41, 5.74) is -0.562. The van der Waals surface area contributed by atoms with E-state index in [1.54, 1.807) is 0 Å². The molecule has 5 nitrogen and oxygen atoms in total. The Morgan fingerprint density at radius 2 is 1.81 bits per heavy atom. The van der Waals surface area contributed by atoms with Gasteiger partial charge in [-0.3, -0.25) is 4.79 Å². The van der Waals surface area contributed by atoms with Crippen molar-refractivity contribution in [3.8, 4) is 0 Å². The zero-order valence-corrected chi connectivity index (χ0v) is 11.3. The van der Waals surface area contributed by atoms with Gasteiger partial charge >= 0.3 is 18.2 Å². The van der Waals surface area contributed by atoms with Crippen LogP contribution in [0, 0.1) is 0 Å². The van der Waals surface area contributed by atoms with Crippen LogP contribution in [-0.4, -0.2) is 35.6 Å². The summed E-state index contributed by atoms with van der Waals surface area (Å²) in [7, 11) is 1.47. The van der Waals surface area contributed by atoms with Crippen molar-refractivity contribution in [2.75, 3.05) is 18.9 Å². The molecular formula is C13H15F3N2O3. The lowest BCUT2D eigenvalue weighted by Gasteiger charge is -2.17. The highest BCUT2D eigenvalue weighted by Gasteiger charge is 2.30. The predicted molar refractivity (Wildman–Crippen MR) is 70.0 cm³/mol. The van der Waals surface area contributed by atoms with E-state index in [0.717, 1.165) is 24.3 Å². The van der Waals surface area contributed by atoms with Gasteiger partial charge in [0.15, 0.2) is 0 Å². The SMILES string of the molecule is CN(CCCC(=O)O)C(=O)Nc1ccc(C(F)(F)F)cc1. The van der Waals surface area contributed by atoms with Gasteiger partial charge in [-0.2, -0.15) is 13.2 Å². The zero-order valence-electron chi connectivity index (χ0n) is 11.3. The summed E-state index contributed by atoms with van der Waals surface area (Å²) >= 11 is 0. The van der Waals surface area contributed by atoms with Gasteiger partial charge in [0.05, 0.1) is 5.56 Å². The highest BCUT2D eigenvalue weighted by Crippen LogP contribution is 2.29. The number of anilines is 1. The van der Waals surface area contributed by atoms with E-state index in [1.807, 2.05) is 0 Å². The largest absolute Gasteiger partial charge is 0.481 e. The molecule has 0 bridgehead atoms. The van der Waals surface area contributed by atoms with Crippen molar-refractivity contribution in [2.45, 2.75) is 19.0 Å². The van der Waals surface area contributed by atoms with E-state index in [9.17, 15) is 22.8 Å². The van der Waals surface area contributed by atoms with Gasteiger partial charge in [0.1, 0.15) is 0 Å². The van der Waals surface area contributed by atoms with Crippen LogP contribution in [0.4, 0.5) is 23.7 Å². The Hall–Kier alpha value is -2.25. The first-order valence-electron chi connectivity index (χ1n) is 6.11. The van der Waals surface area contributed by atoms with Gasteiger partial charge < -0.3 is 15.3 Å². The van der Waals surface area contributed by atoms with Gasteiger partial charge in [0.25, 0.3) is 0 Å². The smallest absolute Gasteiger partial charge is 0.416 e. The second kappa shape index (κ2) is 6.96. The number of aliphatic carboxylic acids is 1. The van der Waals surface area contributed by atoms with Crippen molar-refractivity contribution in [3.63, 3.8) is 0 Å². The molecule has 0 saturated heterocycles. The van der Waals surface area contributed by atoms with Crippen molar-refractivity contribution in [3.05, 3.63) is 29.8 Å². The second-order valence-electron chi connectivity index (χ2n) is 4.42. The quantitative estimate of drug-likeness (QED) is 0.878. The Balaban J connectivity index is 2.52. The standard InChI is InChI=1S/C13H15F3N2O3/c1-18(8-2-3-11(19)20)12(21)17-10-6-4-9(5-7-10)13(14,15)16/h4-7H,2-3,8H2,1H3,(H,17,21)(H,19,20). The molecule has 0 aliphatic carbocycles. The molecule has 0 aromatic heterocycles. The van der Waals surface area contributed by atoms with Crippen LogP contribution in [0.25, 0.3) is 0 Å². The van der Waals surface area contributed by atoms with Crippen molar-refractivity contribution in [1.82, 2.24) is 4.90 Å². The third-order valence-electron chi connectivity index (χ3n) is 2.69. The minimum Gasteiger partial charge on any atom is -0.481 e. The topological polar surface area (TPSA) is 69.6 Å². The Kier molecular flexibility index (Phi) is 5.57. The molecular weight excluding hydrogens is 289 g/mol. The van der Waals surface area contributed by atoms with Gasteiger partial charge in [-0.25, -0.2) is 4.79 Å². The Morgan fingerprint density at radius 1 is 1.24 bits per heavy atom. The lowest BCUT2D eigenvalue weighted by molar-refractivity contribution is -0.138. The van der Waals surface area contributed by atoms with E-state index in [4.69, 9.17) is 5.11 Å². The van der Waals surface area contributed by atoms with Crippen molar-refractivity contribution in [1.29, 1.82) is 0 Å². The van der Waals surface area contributed by atoms with Crippen molar-refractivity contribution < 1.29 is 27.9 Å². The molecule has 1 aromatic rings. The van der Waals surface area contributed by atoms with Gasteiger partial charge in [-0.05, 0) is 30.7 Å². The lowest BCUT2D eigenvalue weighted by atomic mass is 10.2. The molecule has 2 N–H and O–H groups in total. The number of alkyl halides is 3. The monoisotopic (exact) mass is 304 g/mol. The summed E-state index contributed by atoms with van der Waals surface area (Å²) in [5, 5.41) is 10.9. The highest BCUT2D eigenvalue weighted by atomic mass is 19.4. The molecule has 0 fully saturated rings. The molecule has 0 unspecified atom stereocenters. The molecule has 0 spiro atoms. The predicted octanol–water partition coefficient (Wildman–Crippen LogP) is 3.03. The molecule has 116 valence electrons. The van der Waals surface area contributed by atoms with Crippen LogP contribution in [0.15, 0.2) is 24.3 Å². The summed E-state index contributed by atoms with van der Waals surface area (Å²) in [6.07, 6.45) is -4.18. The maximum atomic E-state index is 12.4. The summed E-state index contributed by atoms with van der Waals surface area (Å²) in [4.78, 5) is 23.3. The number of halogens is 3. The molecule has 21 heavy (non-hydrogen) atoms. The van der Waals surface area contributed by atoms with Gasteiger partial charge in [0, 0.05) is 25.7 Å². The third-order valence-corrected chi connectivity index (χ3v) is 2.69. The molecule has 8 heteroatoms. The summed E-state index contributed by atoms with van der Waals surface area (Å²) in [6, 6.07) is 3.55. The number of hydrogen-bond acceptors (Lipinski definition) is 2. The molecule has 0 radical (unpaired) electrons. The van der Waals surface area contributed by atoms with Gasteiger partial charge in [-0.1, -0.05) is 0 Å². The zero-order chi connectivity index (χ0) is 16.0. The number of rotatable bonds is 5. The van der Waals surface area contributed by atoms with Crippen molar-refractivity contribution >= 4 is 17.7 Å². The molecule has 0 atom stereocenters. The maximum absolute atomic E-state index is 12.4. The fraction of sp³-hybridized carbons (Fsp3) is 0.385. The van der Waals surface area contributed by atoms with Crippen LogP contribution in [0.2, 0.25) is 0 Å². The molecule has 1 rings (SSSR count). The minimum atomic E-state index is -4.42. The first-order chi connectivity index (χ1) is 9.70. The number of nitrogens with one attached hydrogen (secondary N) is 1. The average Bonchev–Trinajstić information content (AvgIpc) is 2.37. The van der Waals surface area contributed by atoms with E-state index >= 15 is 0 Å². The Bertz CT molecular complexity index is 500. The number of amides is 2. The Morgan fingerprint density at radius 3 is 2.29 bits per heavy atom. The number of benzene rings is 1. The van der Waals surface area contributed by atoms with Crippen LogP contribution >= 0.6 is 0 Å². The van der Waals surface area contributed by atoms with Crippen LogP contribution in [0.5, 0.6) is 0 Å². The molecule has 1 aromatic carbocycles. The maximum Gasteiger partial charge on any atom is 0.416 e. The van der Waals surface area contributed by atoms with E-state index < -0.39 is 23.7 Å². The molecule has 0 aliphatic rings. The number of carbonyl (C=O) groups is 2. The first-order valence-corrected chi connectivity index (χ1v) is 6.11. The van der Waals surface area contributed by atoms with Crippen molar-refractivity contribution in [2.24, 2.45) is 0 Å². The van der Waals surface area contributed by atoms with Gasteiger partial charge in [-0.15, -0.1) is 0 Å². The number of carbonyl (C=O) groups excluding carboxylic acids is 1. The lowest BCUT2D eigenvalue weighted by Crippen LogP contribution is -2.32. The van der Waals surface area contributed by atoms with Crippen LogP contribution in [0.1, 0.15) is 18.4 Å². The fourth-order valence-corrected chi connectivity index (χ4v) is 1.53.